The van der Waals surface area contributed by atoms with Crippen molar-refractivity contribution in [2.75, 3.05) is 39.4 Å². The summed E-state index contributed by atoms with van der Waals surface area (Å²) in [6.45, 7) is -8.72. The normalized spacial score (nSPS) is 26.2. The SMILES string of the molecule is [2H]C1([2H])CN(CC(=O)N[C@@H](CCc2ccccc2)C(=O)N[C@@H](CC(C)C)C(=O)N[C@@H](Cc2ccccc2)C(=O)N[C@]([2H])(CC([2H])(C([2H])([2H])[2H])C([2H])([2H])[2H])C(=O)[C@@]2(C)CO2)CC([2H])([2H])O1. The smallest absolute Gasteiger partial charge is 0.243 e. The Bertz CT molecular complexity index is 1940. The van der Waals surface area contributed by atoms with Crippen LogP contribution in [0.5, 0.6) is 0 Å². The van der Waals surface area contributed by atoms with Gasteiger partial charge in [-0.25, -0.2) is 0 Å². The van der Waals surface area contributed by atoms with Crippen molar-refractivity contribution in [2.24, 2.45) is 11.8 Å². The lowest BCUT2D eigenvalue weighted by Crippen LogP contribution is -2.59. The average Bonchev–Trinajstić information content (AvgIpc) is 3.91. The van der Waals surface area contributed by atoms with Crippen LogP contribution < -0.4 is 21.3 Å². The predicted octanol–water partition coefficient (Wildman–Crippen LogP) is 2.58. The van der Waals surface area contributed by atoms with Gasteiger partial charge in [-0.05, 0) is 55.5 Å². The Hall–Kier alpha value is -4.13. The van der Waals surface area contributed by atoms with Crippen molar-refractivity contribution in [3.63, 3.8) is 0 Å². The number of carbonyl (C=O) groups is 5. The molecular formula is C40H57N5O7. The molecular weight excluding hydrogens is 662 g/mol. The molecule has 2 aliphatic rings. The van der Waals surface area contributed by atoms with Gasteiger partial charge in [0.05, 0.1) is 39.1 Å². The summed E-state index contributed by atoms with van der Waals surface area (Å²) in [5, 5.41) is 10.1. The molecule has 4 rings (SSSR count). The molecule has 0 saturated carbocycles. The van der Waals surface area contributed by atoms with Crippen LogP contribution in [0.1, 0.15) is 81.3 Å². The fraction of sp³-hybridized carbons (Fsp3) is 0.575. The Balaban J connectivity index is 1.63. The molecule has 2 saturated heterocycles. The fourth-order valence-corrected chi connectivity index (χ4v) is 5.59. The van der Waals surface area contributed by atoms with E-state index in [1.807, 2.05) is 12.1 Å². The molecule has 0 aromatic heterocycles. The fourth-order valence-electron chi connectivity index (χ4n) is 5.59. The van der Waals surface area contributed by atoms with E-state index in [0.717, 1.165) is 5.56 Å². The van der Waals surface area contributed by atoms with Crippen molar-refractivity contribution in [1.29, 1.82) is 0 Å². The molecule has 0 spiro atoms. The largest absolute Gasteiger partial charge is 0.379 e. The zero-order valence-corrected chi connectivity index (χ0v) is 29.8. The first-order valence-corrected chi connectivity index (χ1v) is 17.3. The van der Waals surface area contributed by atoms with E-state index < -0.39 is 118 Å². The molecule has 0 radical (unpaired) electrons. The first-order valence-electron chi connectivity index (χ1n) is 23.3. The van der Waals surface area contributed by atoms with Crippen molar-refractivity contribution in [2.45, 2.75) is 96.3 Å². The first-order chi connectivity index (χ1) is 29.4. The van der Waals surface area contributed by atoms with E-state index in [2.05, 4.69) is 21.3 Å². The summed E-state index contributed by atoms with van der Waals surface area (Å²) in [7, 11) is 0. The van der Waals surface area contributed by atoms with Crippen LogP contribution in [0.15, 0.2) is 60.7 Å². The van der Waals surface area contributed by atoms with Gasteiger partial charge in [-0.3, -0.25) is 28.9 Å². The molecule has 52 heavy (non-hydrogen) atoms. The predicted molar refractivity (Wildman–Crippen MR) is 198 cm³/mol. The number of amides is 4. The molecule has 284 valence electrons. The lowest BCUT2D eigenvalue weighted by atomic mass is 9.93. The number of benzene rings is 2. The van der Waals surface area contributed by atoms with E-state index in [-0.39, 0.29) is 31.8 Å². The molecule has 5 atom stereocenters. The van der Waals surface area contributed by atoms with Gasteiger partial charge in [-0.2, -0.15) is 0 Å². The summed E-state index contributed by atoms with van der Waals surface area (Å²) in [6, 6.07) is 9.92. The lowest BCUT2D eigenvalue weighted by molar-refractivity contribution is -0.135. The molecule has 0 aliphatic carbocycles. The molecule has 2 heterocycles. The van der Waals surface area contributed by atoms with Crippen molar-refractivity contribution in [3.05, 3.63) is 71.8 Å². The molecule has 2 aromatic carbocycles. The number of Topliss-reactive ketones (excluding diaryl/α,β-unsaturated/α-hetero) is 1. The number of epoxide rings is 1. The topological polar surface area (TPSA) is 158 Å². The molecule has 2 aliphatic heterocycles. The minimum atomic E-state index is -3.56. The van der Waals surface area contributed by atoms with Crippen LogP contribution in [-0.2, 0) is 46.3 Å². The molecule has 4 N–H and O–H groups in total. The summed E-state index contributed by atoms with van der Waals surface area (Å²) in [5.41, 5.74) is -0.403. The molecule has 2 fully saturated rings. The lowest BCUT2D eigenvalue weighted by Gasteiger charge is -2.29. The quantitative estimate of drug-likeness (QED) is 0.152. The van der Waals surface area contributed by atoms with Crippen LogP contribution in [0.2, 0.25) is 0 Å². The van der Waals surface area contributed by atoms with Crippen LogP contribution in [0, 0.1) is 11.8 Å². The van der Waals surface area contributed by atoms with Crippen LogP contribution in [-0.4, -0.2) is 103 Å². The van der Waals surface area contributed by atoms with Crippen molar-refractivity contribution in [3.8, 4) is 0 Å². The molecule has 12 nitrogen and oxygen atoms in total. The highest BCUT2D eigenvalue weighted by Crippen LogP contribution is 2.29. The Morgan fingerprint density at radius 1 is 0.827 bits per heavy atom. The highest BCUT2D eigenvalue weighted by atomic mass is 16.6. The van der Waals surface area contributed by atoms with Gasteiger partial charge in [0.25, 0.3) is 0 Å². The second kappa shape index (κ2) is 19.6. The van der Waals surface area contributed by atoms with Crippen molar-refractivity contribution < 1.29 is 49.9 Å². The highest BCUT2D eigenvalue weighted by molar-refractivity contribution is 5.98. The number of hydrogen-bond donors (Lipinski definition) is 4. The Labute approximate surface area is 325 Å². The summed E-state index contributed by atoms with van der Waals surface area (Å²) < 4.78 is 107. The number of hydrogen-bond acceptors (Lipinski definition) is 8. The average molecular weight is 732 g/mol. The zero-order valence-electron chi connectivity index (χ0n) is 41.8. The zero-order chi connectivity index (χ0) is 48.1. The number of aryl methyl sites for hydroxylation is 1. The number of ether oxygens (including phenoxy) is 2. The third kappa shape index (κ3) is 13.1. The van der Waals surface area contributed by atoms with Gasteiger partial charge >= 0.3 is 0 Å². The maximum absolute atomic E-state index is 14.3. The number of rotatable bonds is 20. The molecule has 12 heteroatoms. The van der Waals surface area contributed by atoms with E-state index in [1.165, 1.54) is 11.8 Å². The Morgan fingerprint density at radius 2 is 1.40 bits per heavy atom. The molecule has 0 unspecified atom stereocenters. The summed E-state index contributed by atoms with van der Waals surface area (Å²) in [4.78, 5) is 71.2. The second-order valence-electron chi connectivity index (χ2n) is 13.6. The van der Waals surface area contributed by atoms with E-state index in [4.69, 9.17) is 24.6 Å². The minimum absolute atomic E-state index is 0.00360. The van der Waals surface area contributed by atoms with Gasteiger partial charge < -0.3 is 30.7 Å². The van der Waals surface area contributed by atoms with Crippen LogP contribution in [0.4, 0.5) is 0 Å². The standard InChI is InChI=1S/C40H57N5O7/c1-27(2)22-32(36(47)40(5)26-52-40)42-39(50)34(24-30-14-10-7-11-15-30)44-38(49)33(23-28(3)4)43-37(48)31(17-16-29-12-8-6-9-13-29)41-35(46)25-45-18-20-51-21-19-45/h6-15,27-28,31-34H,16-26H2,1-5H3,(H,41,46)(H,42,50)(H,43,48)(H,44,49)/t31-,32+,33-,34-,40+/m0/s1/i1D3,2D3,20D2,21D2,27D,32D. The maximum Gasteiger partial charge on any atom is 0.243 e. The molecule has 4 amide bonds. The summed E-state index contributed by atoms with van der Waals surface area (Å²) in [6.07, 6.45) is -1.44. The number of morpholine rings is 1. The number of carbonyl (C=O) groups excluding carboxylic acids is 5. The van der Waals surface area contributed by atoms with Crippen molar-refractivity contribution in [1.82, 2.24) is 26.2 Å². The van der Waals surface area contributed by atoms with Crippen LogP contribution in [0.25, 0.3) is 0 Å². The van der Waals surface area contributed by atoms with Gasteiger partial charge in [0, 0.05) is 29.1 Å². The van der Waals surface area contributed by atoms with Crippen LogP contribution in [0.3, 0.4) is 0 Å². The number of nitrogens with zero attached hydrogens (tertiary/aromatic N) is 1. The first kappa shape index (κ1) is 26.6. The van der Waals surface area contributed by atoms with E-state index >= 15 is 0 Å². The second-order valence-corrected chi connectivity index (χ2v) is 13.6. The monoisotopic (exact) mass is 732 g/mol. The third-order valence-corrected chi connectivity index (χ3v) is 8.52. The highest BCUT2D eigenvalue weighted by Gasteiger charge is 2.50. The molecule has 0 bridgehead atoms. The van der Waals surface area contributed by atoms with Gasteiger partial charge in [0.1, 0.15) is 23.7 Å². The molecule has 2 aromatic rings. The number of nitrogens with one attached hydrogen (secondary N) is 4. The maximum atomic E-state index is 14.3. The Kier molecular flexibility index (Phi) is 10.0. The third-order valence-electron chi connectivity index (χ3n) is 8.52. The van der Waals surface area contributed by atoms with Gasteiger partial charge in [-0.15, -0.1) is 0 Å². The summed E-state index contributed by atoms with van der Waals surface area (Å²) >= 11 is 0. The van der Waals surface area contributed by atoms with Gasteiger partial charge in [0.2, 0.25) is 23.6 Å². The van der Waals surface area contributed by atoms with Crippen molar-refractivity contribution >= 4 is 29.4 Å². The Morgan fingerprint density at radius 3 is 2.00 bits per heavy atom. The van der Waals surface area contributed by atoms with Gasteiger partial charge in [0.15, 0.2) is 5.78 Å². The summed E-state index contributed by atoms with van der Waals surface area (Å²) in [5.74, 6) is -8.51. The van der Waals surface area contributed by atoms with E-state index in [9.17, 15) is 25.3 Å². The van der Waals surface area contributed by atoms with E-state index in [0.29, 0.717) is 12.0 Å². The minimum Gasteiger partial charge on any atom is -0.379 e. The van der Waals surface area contributed by atoms with E-state index in [1.54, 1.807) is 62.4 Å². The van der Waals surface area contributed by atoms with Gasteiger partial charge in [-0.1, -0.05) is 88.2 Å². The number of ketones is 1. The van der Waals surface area contributed by atoms with Crippen LogP contribution >= 0.6 is 0 Å².